The fourth-order valence-electron chi connectivity index (χ4n) is 3.58. The molecule has 1 aromatic carbocycles. The van der Waals surface area contributed by atoms with Crippen LogP contribution in [-0.4, -0.2) is 70.8 Å². The number of rotatable bonds is 8. The average molecular weight is 601 g/mol. The van der Waals surface area contributed by atoms with Gasteiger partial charge in [-0.15, -0.1) is 0 Å². The number of alkyl carbamates (subject to hydrolysis) is 1. The minimum atomic E-state index is -1.86. The molecule has 206 valence electrons. The van der Waals surface area contributed by atoms with Gasteiger partial charge in [-0.05, 0) is 25.0 Å². The molecule has 5 atom stereocenters. The molecule has 37 heavy (non-hydrogen) atoms. The Hall–Kier alpha value is -1.92. The van der Waals surface area contributed by atoms with E-state index in [2.05, 4.69) is 5.32 Å². The Morgan fingerprint density at radius 1 is 0.946 bits per heavy atom. The van der Waals surface area contributed by atoms with Crippen molar-refractivity contribution in [3.05, 3.63) is 29.3 Å². The Balaban J connectivity index is 2.51. The van der Waals surface area contributed by atoms with Gasteiger partial charge in [0.05, 0.1) is 0 Å². The molecule has 1 N–H and O–H groups in total. The predicted octanol–water partition coefficient (Wildman–Crippen LogP) is 4.01. The van der Waals surface area contributed by atoms with Crippen LogP contribution >= 0.6 is 46.6 Å². The highest BCUT2D eigenvalue weighted by molar-refractivity contribution is 8.00. The number of thioether (sulfide) groups is 1. The van der Waals surface area contributed by atoms with Crippen molar-refractivity contribution in [3.63, 3.8) is 0 Å². The summed E-state index contributed by atoms with van der Waals surface area (Å²) in [6.45, 7) is 6.46. The van der Waals surface area contributed by atoms with Crippen LogP contribution in [0.2, 0.25) is 0 Å². The lowest BCUT2D eigenvalue weighted by atomic mass is 9.97. The Morgan fingerprint density at radius 3 is 2.03 bits per heavy atom. The zero-order valence-corrected chi connectivity index (χ0v) is 23.8. The van der Waals surface area contributed by atoms with Crippen molar-refractivity contribution in [2.45, 2.75) is 73.1 Å². The van der Waals surface area contributed by atoms with Gasteiger partial charge in [0.2, 0.25) is 3.79 Å². The van der Waals surface area contributed by atoms with Gasteiger partial charge in [-0.1, -0.05) is 64.8 Å². The fraction of sp³-hybridized carbons (Fsp3) is 0.565. The number of alkyl halides is 3. The van der Waals surface area contributed by atoms with Crippen molar-refractivity contribution in [1.82, 2.24) is 5.32 Å². The number of carbonyl (C=O) groups is 4. The Kier molecular flexibility index (Phi) is 11.6. The molecule has 2 rings (SSSR count). The molecule has 1 saturated heterocycles. The summed E-state index contributed by atoms with van der Waals surface area (Å²) in [6.07, 6.45) is -4.52. The fourth-order valence-corrected chi connectivity index (χ4v) is 5.05. The van der Waals surface area contributed by atoms with Crippen LogP contribution in [-0.2, 0) is 38.1 Å². The van der Waals surface area contributed by atoms with Gasteiger partial charge in [0.1, 0.15) is 30.8 Å². The van der Waals surface area contributed by atoms with Crippen LogP contribution in [0.1, 0.15) is 31.9 Å². The summed E-state index contributed by atoms with van der Waals surface area (Å²) in [6, 6.07) is 4.59. The quantitative estimate of drug-likeness (QED) is 0.266. The smallest absolute Gasteiger partial charge is 0.407 e. The van der Waals surface area contributed by atoms with Crippen molar-refractivity contribution in [2.75, 3.05) is 13.2 Å². The van der Waals surface area contributed by atoms with E-state index in [1.165, 1.54) is 18.7 Å². The van der Waals surface area contributed by atoms with E-state index in [1.54, 1.807) is 0 Å². The second kappa shape index (κ2) is 13.7. The summed E-state index contributed by atoms with van der Waals surface area (Å²) < 4.78 is 25.4. The number of amides is 1. The molecule has 0 bridgehead atoms. The van der Waals surface area contributed by atoms with Crippen LogP contribution in [0.5, 0.6) is 0 Å². The molecule has 0 aliphatic carbocycles. The molecule has 0 unspecified atom stereocenters. The lowest BCUT2D eigenvalue weighted by molar-refractivity contribution is -0.211. The van der Waals surface area contributed by atoms with Crippen molar-refractivity contribution in [3.8, 4) is 0 Å². The third-order valence-electron chi connectivity index (χ3n) is 5.00. The number of halogens is 3. The van der Waals surface area contributed by atoms with Crippen LogP contribution in [0.25, 0.3) is 0 Å². The zero-order valence-electron chi connectivity index (χ0n) is 20.7. The number of nitrogens with one attached hydrogen (secondary N) is 1. The molecule has 1 aliphatic rings. The number of carbonyl (C=O) groups excluding carboxylic acids is 4. The maximum Gasteiger partial charge on any atom is 0.407 e. The SMILES string of the molecule is CC(=O)OC[C@H]1O[C@@H](Sc2c(C)cccc2C)[C@H](NC(=O)OCC(Cl)(Cl)Cl)[C@@H](OC(C)=O)[C@@H]1OC(C)=O. The molecule has 0 saturated carbocycles. The van der Waals surface area contributed by atoms with Crippen LogP contribution in [0.15, 0.2) is 23.1 Å². The second-order valence-corrected chi connectivity index (χ2v) is 11.8. The van der Waals surface area contributed by atoms with Gasteiger partial charge >= 0.3 is 24.0 Å². The maximum atomic E-state index is 12.7. The third-order valence-corrected chi connectivity index (χ3v) is 6.84. The predicted molar refractivity (Wildman–Crippen MR) is 137 cm³/mol. The van der Waals surface area contributed by atoms with Gasteiger partial charge in [-0.25, -0.2) is 4.79 Å². The van der Waals surface area contributed by atoms with Crippen molar-refractivity contribution < 1.29 is 42.9 Å². The van der Waals surface area contributed by atoms with Crippen LogP contribution in [0.4, 0.5) is 4.79 Å². The highest BCUT2D eigenvalue weighted by Gasteiger charge is 2.51. The largest absolute Gasteiger partial charge is 0.463 e. The minimum absolute atomic E-state index is 0.306. The van der Waals surface area contributed by atoms with Gasteiger partial charge < -0.3 is 29.0 Å². The molecule has 1 heterocycles. The van der Waals surface area contributed by atoms with E-state index < -0.39 is 64.2 Å². The molecular formula is C23H28Cl3NO9S. The Bertz CT molecular complexity index is 984. The van der Waals surface area contributed by atoms with E-state index in [9.17, 15) is 19.2 Å². The average Bonchev–Trinajstić information content (AvgIpc) is 2.76. The van der Waals surface area contributed by atoms with E-state index in [0.29, 0.717) is 0 Å². The number of esters is 3. The Labute approximate surface area is 233 Å². The van der Waals surface area contributed by atoms with Gasteiger partial charge in [0.25, 0.3) is 0 Å². The van der Waals surface area contributed by atoms with Crippen molar-refractivity contribution in [1.29, 1.82) is 0 Å². The van der Waals surface area contributed by atoms with Crippen LogP contribution in [0.3, 0.4) is 0 Å². The normalized spacial score (nSPS) is 23.5. The topological polar surface area (TPSA) is 126 Å². The van der Waals surface area contributed by atoms with E-state index in [1.807, 2.05) is 32.0 Å². The Morgan fingerprint density at radius 2 is 1.51 bits per heavy atom. The van der Waals surface area contributed by atoms with Crippen molar-refractivity contribution in [2.24, 2.45) is 0 Å². The van der Waals surface area contributed by atoms with Gasteiger partial charge in [0, 0.05) is 25.7 Å². The molecule has 1 aromatic rings. The molecule has 14 heteroatoms. The lowest BCUT2D eigenvalue weighted by Crippen LogP contribution is -2.65. The lowest BCUT2D eigenvalue weighted by Gasteiger charge is -2.45. The first-order valence-corrected chi connectivity index (χ1v) is 13.1. The summed E-state index contributed by atoms with van der Waals surface area (Å²) in [5, 5.41) is 2.59. The standard InChI is InChI=1S/C23H28Cl3NO9S/c1-11-7-6-8-12(2)20(11)37-21-17(27-22(31)33-10-23(24,25)26)19(35-15(5)30)18(34-14(4)29)16(36-21)9-32-13(3)28/h6-8,16-19,21H,9-10H2,1-5H3,(H,27,31)/t16-,17-,18-,19-,21+/m1/s1. The second-order valence-electron chi connectivity index (χ2n) is 8.19. The van der Waals surface area contributed by atoms with Crippen LogP contribution in [0, 0.1) is 13.8 Å². The number of aryl methyl sites for hydroxylation is 2. The maximum absolute atomic E-state index is 12.7. The monoisotopic (exact) mass is 599 g/mol. The summed E-state index contributed by atoms with van der Waals surface area (Å²) in [5.41, 5.74) is 0.930. The first kappa shape index (κ1) is 31.3. The first-order valence-electron chi connectivity index (χ1n) is 11.0. The highest BCUT2D eigenvalue weighted by Crippen LogP contribution is 2.38. The van der Waals surface area contributed by atoms with E-state index in [4.69, 9.17) is 58.5 Å². The van der Waals surface area contributed by atoms with E-state index in [-0.39, 0.29) is 6.61 Å². The molecule has 1 amide bonds. The molecular weight excluding hydrogens is 573 g/mol. The summed E-state index contributed by atoms with van der Waals surface area (Å²) in [4.78, 5) is 49.0. The number of hydrogen-bond donors (Lipinski definition) is 1. The molecule has 0 aromatic heterocycles. The molecule has 0 spiro atoms. The summed E-state index contributed by atoms with van der Waals surface area (Å²) in [7, 11) is 0. The van der Waals surface area contributed by atoms with Gasteiger partial charge in [0.15, 0.2) is 12.2 Å². The number of benzene rings is 1. The number of ether oxygens (including phenoxy) is 5. The molecule has 0 radical (unpaired) electrons. The molecule has 1 aliphatic heterocycles. The number of hydrogen-bond acceptors (Lipinski definition) is 10. The van der Waals surface area contributed by atoms with Crippen molar-refractivity contribution >= 4 is 70.6 Å². The van der Waals surface area contributed by atoms with Crippen LogP contribution < -0.4 is 5.32 Å². The highest BCUT2D eigenvalue weighted by atomic mass is 35.6. The molecule has 1 fully saturated rings. The third kappa shape index (κ3) is 10.0. The van der Waals surface area contributed by atoms with Gasteiger partial charge in [-0.3, -0.25) is 14.4 Å². The molecule has 10 nitrogen and oxygen atoms in total. The zero-order chi connectivity index (χ0) is 27.9. The van der Waals surface area contributed by atoms with Gasteiger partial charge in [-0.2, -0.15) is 0 Å². The summed E-state index contributed by atoms with van der Waals surface area (Å²) in [5.74, 6) is -2.02. The van der Waals surface area contributed by atoms with E-state index in [0.717, 1.165) is 29.9 Å². The minimum Gasteiger partial charge on any atom is -0.463 e. The first-order chi connectivity index (χ1) is 17.2. The van der Waals surface area contributed by atoms with E-state index >= 15 is 0 Å². The summed E-state index contributed by atoms with van der Waals surface area (Å²) >= 11 is 18.3.